The van der Waals surface area contributed by atoms with Crippen molar-refractivity contribution < 1.29 is 60.2 Å². The molecule has 5 unspecified atom stereocenters. The number of hydrogen-bond donors (Lipinski definition) is 9. The summed E-state index contributed by atoms with van der Waals surface area (Å²) in [6, 6.07) is 4.48. The van der Waals surface area contributed by atoms with Crippen LogP contribution in [0.1, 0.15) is 15.9 Å². The molecular weight excluding hydrogens is 444 g/mol. The molecule has 1 fully saturated rings. The van der Waals surface area contributed by atoms with E-state index >= 15 is 0 Å². The molecule has 1 aliphatic heterocycles. The van der Waals surface area contributed by atoms with Gasteiger partial charge >= 0.3 is 0 Å². The van der Waals surface area contributed by atoms with Gasteiger partial charge in [-0.2, -0.15) is 0 Å². The van der Waals surface area contributed by atoms with E-state index in [1.807, 2.05) is 0 Å². The Labute approximate surface area is 186 Å². The van der Waals surface area contributed by atoms with E-state index in [1.54, 1.807) is 0 Å². The van der Waals surface area contributed by atoms with Gasteiger partial charge in [0.05, 0.1) is 6.61 Å². The molecule has 0 radical (unpaired) electrons. The molecule has 0 amide bonds. The Morgan fingerprint density at radius 1 is 0.909 bits per heavy atom. The minimum Gasteiger partial charge on any atom is -0.507 e. The van der Waals surface area contributed by atoms with Crippen LogP contribution in [0.2, 0.25) is 0 Å². The third-order valence-corrected chi connectivity index (χ3v) is 4.98. The Morgan fingerprint density at radius 3 is 2.24 bits per heavy atom. The van der Waals surface area contributed by atoms with E-state index < -0.39 is 77.4 Å². The van der Waals surface area contributed by atoms with E-state index in [9.17, 15) is 50.8 Å². The smallest absolute Gasteiger partial charge is 0.229 e. The van der Waals surface area contributed by atoms with Crippen molar-refractivity contribution in [1.82, 2.24) is 0 Å². The number of phenols is 5. The molecule has 0 saturated carbocycles. The van der Waals surface area contributed by atoms with E-state index in [4.69, 9.17) is 9.47 Å². The molecule has 5 atom stereocenters. The molecule has 12 nitrogen and oxygen atoms in total. The highest BCUT2D eigenvalue weighted by Crippen LogP contribution is 2.44. The lowest BCUT2D eigenvalue weighted by Gasteiger charge is -2.39. The van der Waals surface area contributed by atoms with Gasteiger partial charge in [0, 0.05) is 6.07 Å². The summed E-state index contributed by atoms with van der Waals surface area (Å²) in [4.78, 5) is 12.5. The quantitative estimate of drug-likeness (QED) is 0.112. The SMILES string of the molecule is O=C(C=Cc1ccc(O)c(O)c1)c1c(O)cc(OC2OC(CO)C(O)C(O)C2O)c(O)c1O. The van der Waals surface area contributed by atoms with Crippen molar-refractivity contribution in [3.05, 3.63) is 41.5 Å². The maximum atomic E-state index is 12.5. The maximum Gasteiger partial charge on any atom is 0.229 e. The van der Waals surface area contributed by atoms with Crippen LogP contribution in [0, 0.1) is 0 Å². The predicted octanol–water partition coefficient (Wildman–Crippen LogP) is -0.711. The highest BCUT2D eigenvalue weighted by molar-refractivity contribution is 6.11. The van der Waals surface area contributed by atoms with Gasteiger partial charge < -0.3 is 55.4 Å². The van der Waals surface area contributed by atoms with Gasteiger partial charge in [0.2, 0.25) is 12.0 Å². The van der Waals surface area contributed by atoms with E-state index in [1.165, 1.54) is 18.2 Å². The van der Waals surface area contributed by atoms with E-state index in [-0.39, 0.29) is 5.75 Å². The molecule has 0 aliphatic carbocycles. The molecule has 2 aromatic carbocycles. The first kappa shape index (κ1) is 24.1. The summed E-state index contributed by atoms with van der Waals surface area (Å²) in [6.45, 7) is -0.730. The average molecular weight is 466 g/mol. The molecule has 1 heterocycles. The second kappa shape index (κ2) is 9.52. The molecule has 0 bridgehead atoms. The van der Waals surface area contributed by atoms with Crippen molar-refractivity contribution in [1.29, 1.82) is 0 Å². The average Bonchev–Trinajstić information content (AvgIpc) is 2.78. The fourth-order valence-corrected chi connectivity index (χ4v) is 3.14. The highest BCUT2D eigenvalue weighted by atomic mass is 16.7. The first-order chi connectivity index (χ1) is 15.5. The lowest BCUT2D eigenvalue weighted by molar-refractivity contribution is -0.277. The maximum absolute atomic E-state index is 12.5. The topological polar surface area (TPSA) is 218 Å². The van der Waals surface area contributed by atoms with Crippen molar-refractivity contribution in [3.8, 4) is 34.5 Å². The zero-order valence-corrected chi connectivity index (χ0v) is 16.8. The number of aromatic hydroxyl groups is 5. The van der Waals surface area contributed by atoms with Crippen LogP contribution >= 0.6 is 0 Å². The van der Waals surface area contributed by atoms with Crippen molar-refractivity contribution in [2.24, 2.45) is 0 Å². The van der Waals surface area contributed by atoms with Gasteiger partial charge in [-0.1, -0.05) is 12.1 Å². The minimum atomic E-state index is -1.82. The normalized spacial score (nSPS) is 25.3. The van der Waals surface area contributed by atoms with Crippen LogP contribution < -0.4 is 4.74 Å². The fourth-order valence-electron chi connectivity index (χ4n) is 3.14. The van der Waals surface area contributed by atoms with Crippen molar-refractivity contribution in [3.63, 3.8) is 0 Å². The lowest BCUT2D eigenvalue weighted by atomic mass is 9.99. The van der Waals surface area contributed by atoms with Crippen LogP contribution in [0.25, 0.3) is 6.08 Å². The number of rotatable bonds is 6. The number of hydrogen-bond acceptors (Lipinski definition) is 12. The van der Waals surface area contributed by atoms with E-state index in [0.29, 0.717) is 5.56 Å². The number of carbonyl (C=O) groups excluding carboxylic acids is 1. The van der Waals surface area contributed by atoms with Crippen LogP contribution in [0.4, 0.5) is 0 Å². The number of carbonyl (C=O) groups is 1. The van der Waals surface area contributed by atoms with Gasteiger partial charge in [0.15, 0.2) is 28.8 Å². The third-order valence-electron chi connectivity index (χ3n) is 4.98. The summed E-state index contributed by atoms with van der Waals surface area (Å²) >= 11 is 0. The minimum absolute atomic E-state index is 0.310. The number of allylic oxidation sites excluding steroid dienone is 1. The first-order valence-corrected chi connectivity index (χ1v) is 9.54. The Morgan fingerprint density at radius 2 is 1.61 bits per heavy atom. The van der Waals surface area contributed by atoms with Gasteiger partial charge in [-0.3, -0.25) is 4.79 Å². The molecular formula is C21H22O12. The molecule has 1 saturated heterocycles. The predicted molar refractivity (Wildman–Crippen MR) is 109 cm³/mol. The summed E-state index contributed by atoms with van der Waals surface area (Å²) in [7, 11) is 0. The van der Waals surface area contributed by atoms with Gasteiger partial charge in [-0.25, -0.2) is 0 Å². The van der Waals surface area contributed by atoms with Crippen molar-refractivity contribution >= 4 is 11.9 Å². The molecule has 2 aromatic rings. The van der Waals surface area contributed by atoms with Crippen LogP contribution in [-0.2, 0) is 4.74 Å². The summed E-state index contributed by atoms with van der Waals surface area (Å²) in [5, 5.41) is 88.3. The molecule has 9 N–H and O–H groups in total. The van der Waals surface area contributed by atoms with Crippen molar-refractivity contribution in [2.45, 2.75) is 30.7 Å². The fraction of sp³-hybridized carbons (Fsp3) is 0.286. The van der Waals surface area contributed by atoms with Crippen molar-refractivity contribution in [2.75, 3.05) is 6.61 Å². The van der Waals surface area contributed by atoms with Gasteiger partial charge in [-0.15, -0.1) is 0 Å². The number of ketones is 1. The molecule has 12 heteroatoms. The summed E-state index contributed by atoms with van der Waals surface area (Å²) in [6.07, 6.45) is -6.11. The molecule has 1 aliphatic rings. The summed E-state index contributed by atoms with van der Waals surface area (Å²) < 4.78 is 10.3. The van der Waals surface area contributed by atoms with E-state index in [2.05, 4.69) is 0 Å². The number of aliphatic hydroxyl groups excluding tert-OH is 4. The van der Waals surface area contributed by atoms with Crippen LogP contribution in [0.5, 0.6) is 34.5 Å². The number of phenolic OH excluding ortho intramolecular Hbond substituents is 5. The number of aliphatic hydroxyl groups is 4. The van der Waals surface area contributed by atoms with Gasteiger partial charge in [0.25, 0.3) is 0 Å². The van der Waals surface area contributed by atoms with Gasteiger partial charge in [-0.05, 0) is 23.8 Å². The molecule has 33 heavy (non-hydrogen) atoms. The largest absolute Gasteiger partial charge is 0.507 e. The highest BCUT2D eigenvalue weighted by Gasteiger charge is 2.45. The Bertz CT molecular complexity index is 1060. The second-order valence-corrected chi connectivity index (χ2v) is 7.23. The Balaban J connectivity index is 1.84. The van der Waals surface area contributed by atoms with Crippen LogP contribution in [-0.4, -0.2) is 89.1 Å². The molecule has 178 valence electrons. The Kier molecular flexibility index (Phi) is 6.95. The molecule has 0 aromatic heterocycles. The number of ether oxygens (including phenoxy) is 2. The second-order valence-electron chi connectivity index (χ2n) is 7.23. The first-order valence-electron chi connectivity index (χ1n) is 9.54. The number of benzene rings is 2. The standard InChI is InChI=1S/C21H22O12/c22-7-14-17(28)19(30)20(31)21(33-14)32-13-6-12(26)15(18(29)16(13)27)10(24)4-2-8-1-3-9(23)11(25)5-8/h1-6,14,17,19-23,25-31H,7H2. The lowest BCUT2D eigenvalue weighted by Crippen LogP contribution is -2.60. The van der Waals surface area contributed by atoms with Gasteiger partial charge in [0.1, 0.15) is 35.7 Å². The molecule has 0 spiro atoms. The zero-order valence-electron chi connectivity index (χ0n) is 16.8. The third kappa shape index (κ3) is 4.79. The molecule has 3 rings (SSSR count). The zero-order chi connectivity index (χ0) is 24.4. The monoisotopic (exact) mass is 466 g/mol. The summed E-state index contributed by atoms with van der Waals surface area (Å²) in [5.74, 6) is -5.23. The van der Waals surface area contributed by atoms with E-state index in [0.717, 1.165) is 18.2 Å². The Hall–Kier alpha value is -3.55. The summed E-state index contributed by atoms with van der Waals surface area (Å²) in [5.41, 5.74) is -0.377. The van der Waals surface area contributed by atoms with Crippen LogP contribution in [0.3, 0.4) is 0 Å². The van der Waals surface area contributed by atoms with Crippen LogP contribution in [0.15, 0.2) is 30.3 Å².